The van der Waals surface area contributed by atoms with Crippen LogP contribution in [0.2, 0.25) is 0 Å². The van der Waals surface area contributed by atoms with Crippen LogP contribution in [0.15, 0.2) is 4.42 Å². The molecule has 0 spiro atoms. The van der Waals surface area contributed by atoms with Crippen molar-refractivity contribution in [3.05, 3.63) is 17.0 Å². The summed E-state index contributed by atoms with van der Waals surface area (Å²) in [4.78, 5) is 0. The van der Waals surface area contributed by atoms with Crippen molar-refractivity contribution >= 4 is 0 Å². The third-order valence-corrected chi connectivity index (χ3v) is 3.79. The molecule has 0 amide bonds. The summed E-state index contributed by atoms with van der Waals surface area (Å²) in [5.41, 5.74) is -0.110. The summed E-state index contributed by atoms with van der Waals surface area (Å²) < 4.78 is 5.46. The van der Waals surface area contributed by atoms with Crippen molar-refractivity contribution in [1.82, 2.24) is 10.2 Å². The molecule has 2 atom stereocenters. The highest BCUT2D eigenvalue weighted by Gasteiger charge is 2.52. The van der Waals surface area contributed by atoms with Crippen LogP contribution in [0, 0.1) is 12.1 Å². The first-order valence-corrected chi connectivity index (χ1v) is 5.50. The van der Waals surface area contributed by atoms with Gasteiger partial charge in [0.15, 0.2) is 0 Å². The molecule has 3 rings (SSSR count). The van der Waals surface area contributed by atoms with E-state index in [0.717, 1.165) is 25.8 Å². The Hall–Kier alpha value is -0.940. The Morgan fingerprint density at radius 1 is 1.33 bits per heavy atom. The lowest BCUT2D eigenvalue weighted by Gasteiger charge is -2.43. The number of hydrogen-bond donors (Lipinski definition) is 0. The maximum Gasteiger partial charge on any atom is 0.228 e. The molecule has 82 valence electrons. The zero-order valence-electron chi connectivity index (χ0n) is 8.90. The Labute approximate surface area is 88.3 Å². The molecule has 2 aliphatic rings. The van der Waals surface area contributed by atoms with Crippen LogP contribution >= 0.6 is 0 Å². The van der Waals surface area contributed by atoms with Crippen molar-refractivity contribution in [3.63, 3.8) is 0 Å². The van der Waals surface area contributed by atoms with Gasteiger partial charge in [0.1, 0.15) is 5.41 Å². The van der Waals surface area contributed by atoms with Crippen LogP contribution in [-0.4, -0.2) is 34.5 Å². The van der Waals surface area contributed by atoms with Crippen LogP contribution in [0.3, 0.4) is 0 Å². The van der Waals surface area contributed by atoms with Gasteiger partial charge in [0.2, 0.25) is 11.8 Å². The second kappa shape index (κ2) is 2.80. The van der Waals surface area contributed by atoms with Crippen LogP contribution in [0.5, 0.6) is 0 Å². The highest BCUT2D eigenvalue weighted by atomic mass is 16.5. The first-order chi connectivity index (χ1) is 7.12. The number of hydrogen-bond acceptors (Lipinski definition) is 4. The molecule has 15 heavy (non-hydrogen) atoms. The van der Waals surface area contributed by atoms with E-state index in [1.807, 2.05) is 0 Å². The van der Waals surface area contributed by atoms with E-state index >= 15 is 0 Å². The summed E-state index contributed by atoms with van der Waals surface area (Å²) in [5, 5.41) is 20.1. The van der Waals surface area contributed by atoms with Gasteiger partial charge in [-0.25, -0.2) is 0 Å². The van der Waals surface area contributed by atoms with Crippen LogP contribution in [0.1, 0.15) is 31.0 Å². The van der Waals surface area contributed by atoms with Gasteiger partial charge in [0, 0.05) is 13.3 Å². The van der Waals surface area contributed by atoms with Gasteiger partial charge < -0.3 is 14.3 Å². The first-order valence-electron chi connectivity index (χ1n) is 5.50. The normalized spacial score (nSPS) is 39.6. The maximum absolute atomic E-state index is 12.2. The van der Waals surface area contributed by atoms with E-state index < -0.39 is 0 Å². The first kappa shape index (κ1) is 9.30. The maximum atomic E-state index is 12.2. The SMILES string of the molecule is Cc1nnc(C23CCC[N+]([O-])(CC2)C3)o1. The molecule has 2 fully saturated rings. The Morgan fingerprint density at radius 2 is 2.20 bits per heavy atom. The molecular weight excluding hydrogens is 194 g/mol. The highest BCUT2D eigenvalue weighted by molar-refractivity contribution is 5.08. The van der Waals surface area contributed by atoms with Gasteiger partial charge >= 0.3 is 0 Å². The number of hydroxylamine groups is 3. The topological polar surface area (TPSA) is 62.0 Å². The third kappa shape index (κ3) is 1.30. The average Bonchev–Trinajstić information content (AvgIpc) is 2.71. The van der Waals surface area contributed by atoms with Crippen LogP contribution in [-0.2, 0) is 5.41 Å². The molecule has 0 aliphatic carbocycles. The molecule has 2 saturated heterocycles. The molecule has 0 aromatic carbocycles. The van der Waals surface area contributed by atoms with Crippen LogP contribution in [0.4, 0.5) is 0 Å². The van der Waals surface area contributed by atoms with E-state index in [1.165, 1.54) is 0 Å². The molecule has 0 radical (unpaired) electrons. The fraction of sp³-hybridized carbons (Fsp3) is 0.800. The summed E-state index contributed by atoms with van der Waals surface area (Å²) >= 11 is 0. The third-order valence-electron chi connectivity index (χ3n) is 3.79. The molecule has 3 heterocycles. The zero-order chi connectivity index (χ0) is 10.5. The number of piperidine rings is 1. The van der Waals surface area contributed by atoms with Gasteiger partial charge in [0.25, 0.3) is 0 Å². The smallest absolute Gasteiger partial charge is 0.228 e. The van der Waals surface area contributed by atoms with E-state index in [1.54, 1.807) is 6.92 Å². The Kier molecular flexibility index (Phi) is 1.73. The van der Waals surface area contributed by atoms with E-state index in [9.17, 15) is 5.21 Å². The van der Waals surface area contributed by atoms with Crippen molar-refractivity contribution in [3.8, 4) is 0 Å². The average molecular weight is 209 g/mol. The lowest BCUT2D eigenvalue weighted by Crippen LogP contribution is -2.47. The monoisotopic (exact) mass is 209 g/mol. The summed E-state index contributed by atoms with van der Waals surface area (Å²) in [6, 6.07) is 0. The fourth-order valence-electron chi connectivity index (χ4n) is 3.02. The van der Waals surface area contributed by atoms with Gasteiger partial charge in [-0.2, -0.15) is 0 Å². The van der Waals surface area contributed by atoms with Crippen LogP contribution in [0.25, 0.3) is 0 Å². The molecule has 2 unspecified atom stereocenters. The summed E-state index contributed by atoms with van der Waals surface area (Å²) in [6.45, 7) is 3.90. The summed E-state index contributed by atoms with van der Waals surface area (Å²) in [6.07, 6.45) is 2.90. The molecule has 2 aliphatic heterocycles. The number of fused-ring (bicyclic) bond motifs is 2. The molecule has 0 saturated carbocycles. The summed E-state index contributed by atoms with van der Waals surface area (Å²) in [5.74, 6) is 1.29. The standard InChI is InChI=1S/C10H15N3O2/c1-8-11-12-9(15-8)10-3-2-5-13(14,7-10)6-4-10/h2-7H2,1H3. The van der Waals surface area contributed by atoms with Crippen molar-refractivity contribution in [2.75, 3.05) is 19.6 Å². The lowest BCUT2D eigenvalue weighted by atomic mass is 9.81. The number of aromatic nitrogens is 2. The van der Waals surface area contributed by atoms with Gasteiger partial charge in [-0.1, -0.05) is 0 Å². The second-order valence-electron chi connectivity index (χ2n) is 4.92. The predicted octanol–water partition coefficient (Wildman–Crippen LogP) is 1.13. The largest absolute Gasteiger partial charge is 0.633 e. The summed E-state index contributed by atoms with van der Waals surface area (Å²) in [7, 11) is 0. The number of aryl methyl sites for hydroxylation is 1. The molecule has 0 N–H and O–H groups in total. The minimum absolute atomic E-state index is 0.0541. The van der Waals surface area contributed by atoms with E-state index in [2.05, 4.69) is 10.2 Å². The molecular formula is C10H15N3O2. The van der Waals surface area contributed by atoms with Gasteiger partial charge in [-0.15, -0.1) is 10.2 Å². The van der Waals surface area contributed by atoms with Crippen molar-refractivity contribution < 1.29 is 9.06 Å². The molecule has 2 bridgehead atoms. The Bertz CT molecular complexity index is 392. The Morgan fingerprint density at radius 3 is 2.93 bits per heavy atom. The van der Waals surface area contributed by atoms with Crippen molar-refractivity contribution in [2.45, 2.75) is 31.6 Å². The van der Waals surface area contributed by atoms with Gasteiger partial charge in [-0.05, 0) is 12.8 Å². The van der Waals surface area contributed by atoms with E-state index in [-0.39, 0.29) is 10.1 Å². The minimum atomic E-state index is -0.110. The van der Waals surface area contributed by atoms with E-state index in [4.69, 9.17) is 4.42 Å². The molecule has 1 aromatic heterocycles. The van der Waals surface area contributed by atoms with Gasteiger partial charge in [0.05, 0.1) is 19.6 Å². The fourth-order valence-corrected chi connectivity index (χ4v) is 3.02. The number of nitrogens with zero attached hydrogens (tertiary/aromatic N) is 3. The Balaban J connectivity index is 1.98. The number of quaternary nitrogens is 1. The van der Waals surface area contributed by atoms with Crippen LogP contribution < -0.4 is 0 Å². The molecule has 5 heteroatoms. The highest BCUT2D eigenvalue weighted by Crippen LogP contribution is 2.44. The second-order valence-corrected chi connectivity index (χ2v) is 4.92. The quantitative estimate of drug-likeness (QED) is 0.513. The van der Waals surface area contributed by atoms with Crippen molar-refractivity contribution in [1.29, 1.82) is 0 Å². The number of rotatable bonds is 1. The predicted molar refractivity (Wildman–Crippen MR) is 52.8 cm³/mol. The zero-order valence-corrected chi connectivity index (χ0v) is 8.90. The van der Waals surface area contributed by atoms with Crippen molar-refractivity contribution in [2.24, 2.45) is 0 Å². The molecule has 5 nitrogen and oxygen atoms in total. The van der Waals surface area contributed by atoms with E-state index in [0.29, 0.717) is 24.9 Å². The lowest BCUT2D eigenvalue weighted by molar-refractivity contribution is -0.874. The van der Waals surface area contributed by atoms with Gasteiger partial charge in [-0.3, -0.25) is 0 Å². The minimum Gasteiger partial charge on any atom is -0.633 e. The molecule has 1 aromatic rings.